The fourth-order valence-corrected chi connectivity index (χ4v) is 1.96. The predicted molar refractivity (Wildman–Crippen MR) is 80.2 cm³/mol. The second-order valence-electron chi connectivity index (χ2n) is 5.00. The molecule has 0 atom stereocenters. The van der Waals surface area contributed by atoms with Crippen molar-refractivity contribution in [3.63, 3.8) is 0 Å². The van der Waals surface area contributed by atoms with Crippen LogP contribution >= 0.6 is 0 Å². The van der Waals surface area contributed by atoms with Crippen molar-refractivity contribution in [1.29, 1.82) is 0 Å². The maximum absolute atomic E-state index is 12.5. The number of carbonyl (C=O) groups is 2. The van der Waals surface area contributed by atoms with Crippen molar-refractivity contribution in [2.45, 2.75) is 12.6 Å². The third-order valence-electron chi connectivity index (χ3n) is 3.26. The first kappa shape index (κ1) is 17.5. The monoisotopic (exact) mass is 337 g/mol. The summed E-state index contributed by atoms with van der Waals surface area (Å²) in [7, 11) is 0. The highest BCUT2D eigenvalue weighted by atomic mass is 19.4. The lowest BCUT2D eigenvalue weighted by molar-refractivity contribution is -0.137. The Labute approximate surface area is 135 Å². The molecule has 0 bridgehead atoms. The first-order chi connectivity index (χ1) is 11.3. The number of hydrogen-bond donors (Lipinski definition) is 2. The molecule has 1 aromatic heterocycles. The third kappa shape index (κ3) is 4.55. The van der Waals surface area contributed by atoms with Crippen molar-refractivity contribution in [2.24, 2.45) is 5.73 Å². The summed E-state index contributed by atoms with van der Waals surface area (Å²) >= 11 is 0. The smallest absolute Gasteiger partial charge is 0.364 e. The van der Waals surface area contributed by atoms with Crippen molar-refractivity contribution in [3.8, 4) is 0 Å². The summed E-state index contributed by atoms with van der Waals surface area (Å²) in [5, 5.41) is 2.62. The van der Waals surface area contributed by atoms with Gasteiger partial charge in [-0.3, -0.25) is 14.6 Å². The molecular weight excluding hydrogens is 323 g/mol. The number of carbonyl (C=O) groups excluding carboxylic acids is 2. The molecule has 1 heterocycles. The molecule has 8 heteroatoms. The van der Waals surface area contributed by atoms with E-state index in [2.05, 4.69) is 10.3 Å². The molecule has 0 unspecified atom stereocenters. The van der Waals surface area contributed by atoms with Gasteiger partial charge in [0, 0.05) is 12.7 Å². The van der Waals surface area contributed by atoms with E-state index in [-0.39, 0.29) is 17.8 Å². The molecule has 126 valence electrons. The number of aromatic nitrogens is 1. The molecule has 2 amide bonds. The Morgan fingerprint density at radius 3 is 2.25 bits per heavy atom. The van der Waals surface area contributed by atoms with Gasteiger partial charge in [0.1, 0.15) is 5.69 Å². The molecule has 0 aliphatic rings. The molecule has 24 heavy (non-hydrogen) atoms. The first-order valence-corrected chi connectivity index (χ1v) is 6.97. The number of rotatable bonds is 5. The number of halogens is 3. The molecule has 0 fully saturated rings. The van der Waals surface area contributed by atoms with Crippen LogP contribution in [0, 0.1) is 0 Å². The molecule has 1 aromatic carbocycles. The lowest BCUT2D eigenvalue weighted by Gasteiger charge is -2.08. The number of nitrogens with one attached hydrogen (secondary N) is 1. The van der Waals surface area contributed by atoms with Gasteiger partial charge >= 0.3 is 6.18 Å². The van der Waals surface area contributed by atoms with Crippen LogP contribution < -0.4 is 11.1 Å². The number of primary amides is 1. The Bertz CT molecular complexity index is 726. The van der Waals surface area contributed by atoms with Crippen molar-refractivity contribution >= 4 is 11.8 Å². The van der Waals surface area contributed by atoms with Crippen LogP contribution in [0.1, 0.15) is 32.0 Å². The van der Waals surface area contributed by atoms with Gasteiger partial charge in [0.25, 0.3) is 11.8 Å². The number of alkyl halides is 3. The van der Waals surface area contributed by atoms with Crippen LogP contribution in [0.4, 0.5) is 13.2 Å². The van der Waals surface area contributed by atoms with Crippen molar-refractivity contribution < 1.29 is 22.8 Å². The number of benzene rings is 1. The molecule has 5 nitrogen and oxygen atoms in total. The van der Waals surface area contributed by atoms with E-state index in [1.807, 2.05) is 0 Å². The van der Waals surface area contributed by atoms with Crippen LogP contribution in [-0.4, -0.2) is 23.3 Å². The minimum atomic E-state index is -4.36. The van der Waals surface area contributed by atoms with Gasteiger partial charge in [-0.2, -0.15) is 13.2 Å². The fraction of sp³-hybridized carbons (Fsp3) is 0.188. The van der Waals surface area contributed by atoms with Crippen LogP contribution in [0.2, 0.25) is 0 Å². The molecule has 0 saturated carbocycles. The van der Waals surface area contributed by atoms with Crippen molar-refractivity contribution in [2.75, 3.05) is 6.54 Å². The molecule has 3 N–H and O–H groups in total. The predicted octanol–water partition coefficient (Wildman–Crippen LogP) is 2.17. The molecule has 0 radical (unpaired) electrons. The zero-order valence-electron chi connectivity index (χ0n) is 12.4. The summed E-state index contributed by atoms with van der Waals surface area (Å²) < 4.78 is 37.4. The standard InChI is InChI=1S/C16H14F3N3O2/c17-16(18,19)12-4-1-10(2-5-12)7-8-21-15(24)11-3-6-13(14(20)23)22-9-11/h1-6,9H,7-8H2,(H2,20,23)(H,21,24). The highest BCUT2D eigenvalue weighted by molar-refractivity contribution is 5.95. The largest absolute Gasteiger partial charge is 0.416 e. The Balaban J connectivity index is 1.87. The Hall–Kier alpha value is -2.90. The van der Waals surface area contributed by atoms with Crippen molar-refractivity contribution in [3.05, 3.63) is 65.0 Å². The number of nitrogens with zero attached hydrogens (tertiary/aromatic N) is 1. The lowest BCUT2D eigenvalue weighted by atomic mass is 10.1. The van der Waals surface area contributed by atoms with Gasteiger partial charge < -0.3 is 11.1 Å². The maximum atomic E-state index is 12.5. The quantitative estimate of drug-likeness (QED) is 0.877. The van der Waals surface area contributed by atoms with Gasteiger partial charge in [0.15, 0.2) is 0 Å². The average molecular weight is 337 g/mol. The molecule has 0 aliphatic carbocycles. The van der Waals surface area contributed by atoms with E-state index in [0.717, 1.165) is 12.1 Å². The molecule has 0 saturated heterocycles. The van der Waals surface area contributed by atoms with Gasteiger partial charge in [0.2, 0.25) is 0 Å². The van der Waals surface area contributed by atoms with E-state index < -0.39 is 23.6 Å². The van der Waals surface area contributed by atoms with E-state index in [4.69, 9.17) is 5.73 Å². The minimum Gasteiger partial charge on any atom is -0.364 e. The van der Waals surface area contributed by atoms with Crippen LogP contribution in [0.5, 0.6) is 0 Å². The summed E-state index contributed by atoms with van der Waals surface area (Å²) in [5.41, 5.74) is 5.32. The van der Waals surface area contributed by atoms with Crippen LogP contribution in [0.3, 0.4) is 0 Å². The molecule has 0 aliphatic heterocycles. The summed E-state index contributed by atoms with van der Waals surface area (Å²) in [6.07, 6.45) is -2.75. The molecule has 2 aromatic rings. The van der Waals surface area contributed by atoms with Crippen LogP contribution in [-0.2, 0) is 12.6 Å². The van der Waals surface area contributed by atoms with Gasteiger partial charge in [0.05, 0.1) is 11.1 Å². The fourth-order valence-electron chi connectivity index (χ4n) is 1.96. The van der Waals surface area contributed by atoms with Crippen LogP contribution in [0.25, 0.3) is 0 Å². The lowest BCUT2D eigenvalue weighted by Crippen LogP contribution is -2.26. The third-order valence-corrected chi connectivity index (χ3v) is 3.26. The van der Waals surface area contributed by atoms with E-state index in [1.54, 1.807) is 0 Å². The summed E-state index contributed by atoms with van der Waals surface area (Å²) in [6.45, 7) is 0.252. The van der Waals surface area contributed by atoms with Crippen LogP contribution in [0.15, 0.2) is 42.6 Å². The zero-order valence-corrected chi connectivity index (χ0v) is 12.4. The second kappa shape index (κ2) is 7.12. The Kier molecular flexibility index (Phi) is 5.18. The van der Waals surface area contributed by atoms with E-state index in [9.17, 15) is 22.8 Å². The molecular formula is C16H14F3N3O2. The Morgan fingerprint density at radius 2 is 1.75 bits per heavy atom. The van der Waals surface area contributed by atoms with Gasteiger partial charge in [-0.05, 0) is 36.2 Å². The SMILES string of the molecule is NC(=O)c1ccc(C(=O)NCCc2ccc(C(F)(F)F)cc2)cn1. The van der Waals surface area contributed by atoms with Crippen molar-refractivity contribution in [1.82, 2.24) is 10.3 Å². The second-order valence-corrected chi connectivity index (χ2v) is 5.00. The van der Waals surface area contributed by atoms with E-state index in [0.29, 0.717) is 12.0 Å². The Morgan fingerprint density at radius 1 is 1.08 bits per heavy atom. The number of pyridine rings is 1. The minimum absolute atomic E-state index is 0.0521. The summed E-state index contributed by atoms with van der Waals surface area (Å²) in [6, 6.07) is 7.51. The molecule has 0 spiro atoms. The maximum Gasteiger partial charge on any atom is 0.416 e. The van der Waals surface area contributed by atoms with Gasteiger partial charge in [-0.25, -0.2) is 0 Å². The first-order valence-electron chi connectivity index (χ1n) is 6.97. The number of hydrogen-bond acceptors (Lipinski definition) is 3. The summed E-state index contributed by atoms with van der Waals surface area (Å²) in [4.78, 5) is 26.5. The van der Waals surface area contributed by atoms with E-state index in [1.165, 1.54) is 30.5 Å². The van der Waals surface area contributed by atoms with E-state index >= 15 is 0 Å². The number of nitrogens with two attached hydrogens (primary N) is 1. The highest BCUT2D eigenvalue weighted by Crippen LogP contribution is 2.29. The van der Waals surface area contributed by atoms with Gasteiger partial charge in [-0.15, -0.1) is 0 Å². The average Bonchev–Trinajstić information content (AvgIpc) is 2.54. The highest BCUT2D eigenvalue weighted by Gasteiger charge is 2.29. The number of amides is 2. The normalized spacial score (nSPS) is 11.1. The van der Waals surface area contributed by atoms with Gasteiger partial charge in [-0.1, -0.05) is 12.1 Å². The molecule has 2 rings (SSSR count). The topological polar surface area (TPSA) is 85.1 Å². The zero-order chi connectivity index (χ0) is 17.7. The summed E-state index contributed by atoms with van der Waals surface area (Å²) in [5.74, 6) is -1.09.